The van der Waals surface area contributed by atoms with Gasteiger partial charge in [-0.1, -0.05) is 11.6 Å². The van der Waals surface area contributed by atoms with Crippen LogP contribution in [0.4, 0.5) is 11.4 Å². The van der Waals surface area contributed by atoms with Crippen LogP contribution in [0.5, 0.6) is 0 Å². The summed E-state index contributed by atoms with van der Waals surface area (Å²) < 4.78 is 0. The number of aromatic nitrogens is 1. The summed E-state index contributed by atoms with van der Waals surface area (Å²) >= 11 is 7.38. The Morgan fingerprint density at radius 3 is 2.67 bits per heavy atom. The average Bonchev–Trinajstić information content (AvgIpc) is 3.15. The molecular formula is C19H22ClN5O4S. The van der Waals surface area contributed by atoms with E-state index < -0.39 is 11.0 Å². The Morgan fingerprint density at radius 2 is 2.07 bits per heavy atom. The van der Waals surface area contributed by atoms with Crippen molar-refractivity contribution >= 4 is 46.1 Å². The van der Waals surface area contributed by atoms with Crippen molar-refractivity contribution in [3.8, 4) is 0 Å². The Hall–Kier alpha value is -2.56. The highest BCUT2D eigenvalue weighted by molar-refractivity contribution is 7.11. The van der Waals surface area contributed by atoms with Gasteiger partial charge in [-0.2, -0.15) is 0 Å². The lowest BCUT2D eigenvalue weighted by Gasteiger charge is -2.35. The summed E-state index contributed by atoms with van der Waals surface area (Å²) in [7, 11) is 0. The lowest BCUT2D eigenvalue weighted by molar-refractivity contribution is -0.384. The number of non-ortho nitro benzene ring substituents is 1. The largest absolute Gasteiger partial charge is 0.348 e. The van der Waals surface area contributed by atoms with Gasteiger partial charge in [0.1, 0.15) is 4.88 Å². The van der Waals surface area contributed by atoms with E-state index in [-0.39, 0.29) is 34.3 Å². The SMILES string of the molecule is Cc1ncsc1C(=O)NC1CCN(C(C)C(=O)Nc2cc([N+](=O)[O-])ccc2Cl)CC1. The van der Waals surface area contributed by atoms with E-state index in [4.69, 9.17) is 11.6 Å². The zero-order chi connectivity index (χ0) is 21.8. The van der Waals surface area contributed by atoms with Crippen LogP contribution in [-0.4, -0.2) is 51.8 Å². The maximum Gasteiger partial charge on any atom is 0.271 e. The van der Waals surface area contributed by atoms with Gasteiger partial charge in [-0.3, -0.25) is 24.6 Å². The van der Waals surface area contributed by atoms with Gasteiger partial charge >= 0.3 is 0 Å². The molecule has 30 heavy (non-hydrogen) atoms. The molecule has 0 saturated carbocycles. The van der Waals surface area contributed by atoms with Gasteiger partial charge in [0.15, 0.2) is 0 Å². The molecule has 1 aromatic carbocycles. The summed E-state index contributed by atoms with van der Waals surface area (Å²) in [6, 6.07) is 3.51. The second-order valence-corrected chi connectivity index (χ2v) is 8.40. The van der Waals surface area contributed by atoms with Crippen molar-refractivity contribution in [3.05, 3.63) is 49.4 Å². The van der Waals surface area contributed by atoms with Crippen molar-refractivity contribution in [1.82, 2.24) is 15.2 Å². The number of nitrogens with one attached hydrogen (secondary N) is 2. The number of nitro benzene ring substituents is 1. The monoisotopic (exact) mass is 451 g/mol. The van der Waals surface area contributed by atoms with E-state index in [0.717, 1.165) is 18.5 Å². The van der Waals surface area contributed by atoms with E-state index in [1.807, 2.05) is 11.8 Å². The average molecular weight is 452 g/mol. The topological polar surface area (TPSA) is 117 Å². The zero-order valence-electron chi connectivity index (χ0n) is 16.6. The fraction of sp³-hybridized carbons (Fsp3) is 0.421. The third-order valence-electron chi connectivity index (χ3n) is 5.16. The Bertz CT molecular complexity index is 958. The molecule has 1 aliphatic rings. The van der Waals surface area contributed by atoms with Gasteiger partial charge < -0.3 is 10.6 Å². The number of thiazole rings is 1. The van der Waals surface area contributed by atoms with Gasteiger partial charge in [-0.15, -0.1) is 11.3 Å². The molecule has 0 radical (unpaired) electrons. The standard InChI is InChI=1S/C19H22ClN5O4S/c1-11-17(30-10-21-11)19(27)22-13-5-7-24(8-6-13)12(2)18(26)23-16-9-14(25(28)29)3-4-15(16)20/h3-4,9-10,12-13H,5-8H2,1-2H3,(H,22,27)(H,23,26). The van der Waals surface area contributed by atoms with Gasteiger partial charge in [0.2, 0.25) is 5.91 Å². The quantitative estimate of drug-likeness (QED) is 0.514. The first-order chi connectivity index (χ1) is 14.3. The van der Waals surface area contributed by atoms with E-state index in [1.165, 1.54) is 29.5 Å². The predicted molar refractivity (Wildman–Crippen MR) is 115 cm³/mol. The van der Waals surface area contributed by atoms with Crippen LogP contribution in [0.1, 0.15) is 35.1 Å². The van der Waals surface area contributed by atoms with Crippen LogP contribution >= 0.6 is 22.9 Å². The van der Waals surface area contributed by atoms with E-state index in [1.54, 1.807) is 12.4 Å². The summed E-state index contributed by atoms with van der Waals surface area (Å²) in [5.74, 6) is -0.403. The number of amides is 2. The third kappa shape index (κ3) is 5.13. The van der Waals surface area contributed by atoms with Gasteiger partial charge in [-0.05, 0) is 32.8 Å². The number of piperidine rings is 1. The molecule has 1 unspecified atom stereocenters. The molecule has 3 rings (SSSR count). The molecule has 1 aromatic heterocycles. The fourth-order valence-electron chi connectivity index (χ4n) is 3.33. The summed E-state index contributed by atoms with van der Waals surface area (Å²) in [5.41, 5.74) is 2.45. The summed E-state index contributed by atoms with van der Waals surface area (Å²) in [4.78, 5) is 42.1. The molecule has 11 heteroatoms. The Balaban J connectivity index is 1.53. The number of nitro groups is 1. The van der Waals surface area contributed by atoms with Crippen LogP contribution in [0, 0.1) is 17.0 Å². The number of anilines is 1. The Kier molecular flexibility index (Phi) is 7.01. The van der Waals surface area contributed by atoms with Gasteiger partial charge in [0.25, 0.3) is 11.6 Å². The van der Waals surface area contributed by atoms with Gasteiger partial charge in [0, 0.05) is 31.3 Å². The van der Waals surface area contributed by atoms with Crippen LogP contribution in [0.25, 0.3) is 0 Å². The minimum Gasteiger partial charge on any atom is -0.348 e. The number of carbonyl (C=O) groups is 2. The molecule has 9 nitrogen and oxygen atoms in total. The highest BCUT2D eigenvalue weighted by atomic mass is 35.5. The lowest BCUT2D eigenvalue weighted by Crippen LogP contribution is -2.50. The van der Waals surface area contributed by atoms with Gasteiger partial charge in [0.05, 0.1) is 32.9 Å². The lowest BCUT2D eigenvalue weighted by atomic mass is 10.0. The van der Waals surface area contributed by atoms with E-state index in [2.05, 4.69) is 15.6 Å². The molecule has 1 saturated heterocycles. The molecule has 2 heterocycles. The number of likely N-dealkylation sites (tertiary alicyclic amines) is 1. The van der Waals surface area contributed by atoms with Crippen LogP contribution in [-0.2, 0) is 4.79 Å². The van der Waals surface area contributed by atoms with E-state index in [9.17, 15) is 19.7 Å². The minimum absolute atomic E-state index is 0.0386. The van der Waals surface area contributed by atoms with Crippen molar-refractivity contribution in [2.75, 3.05) is 18.4 Å². The first kappa shape index (κ1) is 22.1. The minimum atomic E-state index is -0.539. The molecule has 2 amide bonds. The molecule has 1 fully saturated rings. The number of hydrogen-bond donors (Lipinski definition) is 2. The first-order valence-electron chi connectivity index (χ1n) is 9.46. The second-order valence-electron chi connectivity index (χ2n) is 7.14. The molecule has 2 aromatic rings. The second kappa shape index (κ2) is 9.50. The Labute approximate surface area is 182 Å². The molecule has 160 valence electrons. The highest BCUT2D eigenvalue weighted by Crippen LogP contribution is 2.27. The number of rotatable bonds is 6. The number of nitrogens with zero attached hydrogens (tertiary/aromatic N) is 3. The smallest absolute Gasteiger partial charge is 0.271 e. The number of hydrogen-bond acceptors (Lipinski definition) is 7. The number of aryl methyl sites for hydroxylation is 1. The molecule has 0 bridgehead atoms. The third-order valence-corrected chi connectivity index (χ3v) is 6.42. The van der Waals surface area contributed by atoms with Gasteiger partial charge in [-0.25, -0.2) is 4.98 Å². The maximum atomic E-state index is 12.6. The van der Waals surface area contributed by atoms with Crippen LogP contribution < -0.4 is 10.6 Å². The van der Waals surface area contributed by atoms with Crippen molar-refractivity contribution < 1.29 is 14.5 Å². The van der Waals surface area contributed by atoms with Crippen molar-refractivity contribution in [2.45, 2.75) is 38.8 Å². The predicted octanol–water partition coefficient (Wildman–Crippen LogP) is 3.23. The number of carbonyl (C=O) groups excluding carboxylic acids is 2. The van der Waals surface area contributed by atoms with Crippen LogP contribution in [0.15, 0.2) is 23.7 Å². The summed E-state index contributed by atoms with van der Waals surface area (Å²) in [6.45, 7) is 4.87. The zero-order valence-corrected chi connectivity index (χ0v) is 18.1. The molecule has 1 atom stereocenters. The van der Waals surface area contributed by atoms with Crippen molar-refractivity contribution in [1.29, 1.82) is 0 Å². The number of halogens is 1. The van der Waals surface area contributed by atoms with E-state index in [0.29, 0.717) is 18.0 Å². The molecule has 2 N–H and O–H groups in total. The van der Waals surface area contributed by atoms with Crippen LogP contribution in [0.3, 0.4) is 0 Å². The molecule has 0 spiro atoms. The maximum absolute atomic E-state index is 12.6. The molecule has 0 aliphatic carbocycles. The molecular weight excluding hydrogens is 430 g/mol. The van der Waals surface area contributed by atoms with Crippen molar-refractivity contribution in [2.24, 2.45) is 0 Å². The normalized spacial score (nSPS) is 16.1. The van der Waals surface area contributed by atoms with Crippen LogP contribution in [0.2, 0.25) is 5.02 Å². The molecule has 1 aliphatic heterocycles. The fourth-order valence-corrected chi connectivity index (χ4v) is 4.20. The highest BCUT2D eigenvalue weighted by Gasteiger charge is 2.28. The summed E-state index contributed by atoms with van der Waals surface area (Å²) in [5, 5.41) is 16.9. The Morgan fingerprint density at radius 1 is 1.37 bits per heavy atom. The number of benzene rings is 1. The summed E-state index contributed by atoms with van der Waals surface area (Å²) in [6.07, 6.45) is 1.44. The first-order valence-corrected chi connectivity index (χ1v) is 10.7. The van der Waals surface area contributed by atoms with Crippen molar-refractivity contribution in [3.63, 3.8) is 0 Å². The van der Waals surface area contributed by atoms with E-state index >= 15 is 0 Å².